The fraction of sp³-hybridized carbons (Fsp3) is 0.133. The minimum absolute atomic E-state index is 0.112. The lowest BCUT2D eigenvalue weighted by Crippen LogP contribution is -2.00. The molecule has 104 valence electrons. The van der Waals surface area contributed by atoms with E-state index in [4.69, 9.17) is 10.2 Å². The lowest BCUT2D eigenvalue weighted by Gasteiger charge is -2.06. The van der Waals surface area contributed by atoms with E-state index in [2.05, 4.69) is 11.6 Å². The summed E-state index contributed by atoms with van der Waals surface area (Å²) in [7, 11) is 0. The van der Waals surface area contributed by atoms with Crippen LogP contribution in [-0.4, -0.2) is 27.1 Å². The van der Waals surface area contributed by atoms with Crippen molar-refractivity contribution in [3.8, 4) is 0 Å². The highest BCUT2D eigenvalue weighted by atomic mass is 16.4. The van der Waals surface area contributed by atoms with Crippen molar-refractivity contribution in [2.24, 2.45) is 0 Å². The van der Waals surface area contributed by atoms with E-state index in [1.165, 1.54) is 32.2 Å². The van der Waals surface area contributed by atoms with Crippen molar-refractivity contribution >= 4 is 30.2 Å². The van der Waals surface area contributed by atoms with E-state index in [9.17, 15) is 9.59 Å². The molecule has 0 bridgehead atoms. The van der Waals surface area contributed by atoms with E-state index in [1.54, 1.807) is 12.1 Å². The molecule has 5 heteroatoms. The summed E-state index contributed by atoms with van der Waals surface area (Å²) < 4.78 is 0. The van der Waals surface area contributed by atoms with Crippen molar-refractivity contribution in [1.82, 2.24) is 4.98 Å². The maximum absolute atomic E-state index is 10.9. The van der Waals surface area contributed by atoms with Gasteiger partial charge in [0.15, 0.2) is 0 Å². The first-order valence-electron chi connectivity index (χ1n) is 5.81. The van der Waals surface area contributed by atoms with Crippen LogP contribution in [0, 0.1) is 0 Å². The summed E-state index contributed by atoms with van der Waals surface area (Å²) in [6.07, 6.45) is 5.94. The molecule has 20 heavy (non-hydrogen) atoms. The van der Waals surface area contributed by atoms with Crippen LogP contribution in [0.5, 0.6) is 0 Å². The van der Waals surface area contributed by atoms with Gasteiger partial charge in [0.2, 0.25) is 0 Å². The first kappa shape index (κ1) is 15.4. The van der Waals surface area contributed by atoms with Crippen molar-refractivity contribution in [1.29, 1.82) is 0 Å². The molecule has 0 fully saturated rings. The highest BCUT2D eigenvalue weighted by molar-refractivity contribution is 5.95. The molecule has 1 rings (SSSR count). The predicted octanol–water partition coefficient (Wildman–Crippen LogP) is 2.70. The van der Waals surface area contributed by atoms with Crippen LogP contribution >= 0.6 is 0 Å². The second-order valence-electron chi connectivity index (χ2n) is 4.17. The van der Waals surface area contributed by atoms with Crippen LogP contribution in [0.15, 0.2) is 30.0 Å². The Labute approximate surface area is 116 Å². The normalized spacial score (nSPS) is 12.1. The van der Waals surface area contributed by atoms with Crippen LogP contribution in [0.4, 0.5) is 0 Å². The Balaban J connectivity index is 3.50. The fourth-order valence-electron chi connectivity index (χ4n) is 1.50. The third-order valence-corrected chi connectivity index (χ3v) is 2.66. The molecule has 0 atom stereocenters. The number of nitrogens with zero attached hydrogens (tertiary/aromatic N) is 1. The molecule has 1 aromatic heterocycles. The largest absolute Gasteiger partial charge is 0.478 e. The summed E-state index contributed by atoms with van der Waals surface area (Å²) in [4.78, 5) is 25.9. The molecule has 0 amide bonds. The first-order chi connectivity index (χ1) is 9.36. The van der Waals surface area contributed by atoms with Crippen LogP contribution in [0.2, 0.25) is 0 Å². The summed E-state index contributed by atoms with van der Waals surface area (Å²) in [5, 5.41) is 17.8. The number of aromatic nitrogens is 1. The third-order valence-electron chi connectivity index (χ3n) is 2.66. The Morgan fingerprint density at radius 3 is 2.20 bits per heavy atom. The Morgan fingerprint density at radius 1 is 1.15 bits per heavy atom. The number of rotatable bonds is 5. The van der Waals surface area contributed by atoms with Gasteiger partial charge in [0, 0.05) is 22.9 Å². The molecule has 0 aliphatic carbocycles. The van der Waals surface area contributed by atoms with E-state index in [0.29, 0.717) is 16.8 Å². The van der Waals surface area contributed by atoms with Gasteiger partial charge in [-0.25, -0.2) is 9.59 Å². The predicted molar refractivity (Wildman–Crippen MR) is 76.9 cm³/mol. The van der Waals surface area contributed by atoms with Gasteiger partial charge in [0.25, 0.3) is 0 Å². The van der Waals surface area contributed by atoms with E-state index < -0.39 is 11.9 Å². The summed E-state index contributed by atoms with van der Waals surface area (Å²) in [5.41, 5.74) is 1.85. The van der Waals surface area contributed by atoms with Crippen LogP contribution in [0.25, 0.3) is 18.2 Å². The summed E-state index contributed by atoms with van der Waals surface area (Å²) in [6.45, 7) is 6.56. The quantitative estimate of drug-likeness (QED) is 0.805. The van der Waals surface area contributed by atoms with Crippen LogP contribution < -0.4 is 0 Å². The molecule has 1 aromatic rings. The maximum atomic E-state index is 10.9. The molecule has 0 unspecified atom stereocenters. The average molecular weight is 273 g/mol. The topological polar surface area (TPSA) is 87.5 Å². The average Bonchev–Trinajstić information content (AvgIpc) is 2.39. The Hall–Kier alpha value is -2.69. The van der Waals surface area contributed by atoms with Gasteiger partial charge < -0.3 is 10.2 Å². The molecule has 0 aliphatic rings. The van der Waals surface area contributed by atoms with E-state index >= 15 is 0 Å². The number of aliphatic carboxylic acids is 2. The molecule has 5 nitrogen and oxygen atoms in total. The number of hydrogen-bond donors (Lipinski definition) is 2. The molecular weight excluding hydrogens is 258 g/mol. The highest BCUT2D eigenvalue weighted by Crippen LogP contribution is 2.20. The second-order valence-corrected chi connectivity index (χ2v) is 4.17. The fourth-order valence-corrected chi connectivity index (χ4v) is 1.50. The van der Waals surface area contributed by atoms with Crippen LogP contribution in [0.3, 0.4) is 0 Å². The molecule has 2 N–H and O–H groups in total. The van der Waals surface area contributed by atoms with Crippen molar-refractivity contribution in [2.45, 2.75) is 13.8 Å². The molecular formula is C15H15NO4. The second kappa shape index (κ2) is 6.47. The molecule has 0 saturated carbocycles. The smallest absolute Gasteiger partial charge is 0.331 e. The Kier molecular flexibility index (Phi) is 4.97. The lowest BCUT2D eigenvalue weighted by molar-refractivity contribution is -0.133. The van der Waals surface area contributed by atoms with Gasteiger partial charge in [-0.15, -0.1) is 0 Å². The van der Waals surface area contributed by atoms with Crippen LogP contribution in [0.1, 0.15) is 30.7 Å². The van der Waals surface area contributed by atoms with E-state index in [0.717, 1.165) is 0 Å². The number of carboxylic acid groups (broad SMARTS) is 2. The van der Waals surface area contributed by atoms with Crippen molar-refractivity contribution in [2.75, 3.05) is 0 Å². The standard InChI is InChI=1S/C15H15NO4/c1-4-11-5-6-16-13(8-10(3)15(19)20)12(11)7-9(2)14(17)18/h4-8H,1H2,2-3H3,(H,17,18)(H,19,20). The van der Waals surface area contributed by atoms with Gasteiger partial charge in [-0.05, 0) is 37.6 Å². The molecule has 0 spiro atoms. The van der Waals surface area contributed by atoms with Crippen molar-refractivity contribution in [3.05, 3.63) is 46.8 Å². The van der Waals surface area contributed by atoms with Crippen molar-refractivity contribution in [3.63, 3.8) is 0 Å². The third kappa shape index (κ3) is 3.65. The monoisotopic (exact) mass is 273 g/mol. The number of carbonyl (C=O) groups is 2. The van der Waals surface area contributed by atoms with E-state index in [-0.39, 0.29) is 11.1 Å². The van der Waals surface area contributed by atoms with Gasteiger partial charge in [-0.1, -0.05) is 12.7 Å². The van der Waals surface area contributed by atoms with Gasteiger partial charge in [0.1, 0.15) is 0 Å². The highest BCUT2D eigenvalue weighted by Gasteiger charge is 2.09. The minimum atomic E-state index is -1.05. The zero-order valence-corrected chi connectivity index (χ0v) is 11.3. The SMILES string of the molecule is C=Cc1ccnc(C=C(C)C(=O)O)c1C=C(C)C(=O)O. The number of pyridine rings is 1. The zero-order valence-electron chi connectivity index (χ0n) is 11.3. The Morgan fingerprint density at radius 2 is 1.70 bits per heavy atom. The van der Waals surface area contributed by atoms with Gasteiger partial charge in [-0.3, -0.25) is 4.98 Å². The summed E-state index contributed by atoms with van der Waals surface area (Å²) >= 11 is 0. The zero-order chi connectivity index (χ0) is 15.3. The molecule has 0 aliphatic heterocycles. The van der Waals surface area contributed by atoms with Gasteiger partial charge in [0.05, 0.1) is 5.69 Å². The number of hydrogen-bond acceptors (Lipinski definition) is 3. The van der Waals surface area contributed by atoms with Gasteiger partial charge >= 0.3 is 11.9 Å². The number of carboxylic acids is 2. The molecule has 0 saturated heterocycles. The molecule has 1 heterocycles. The molecule has 0 aromatic carbocycles. The van der Waals surface area contributed by atoms with Crippen LogP contribution in [-0.2, 0) is 9.59 Å². The first-order valence-corrected chi connectivity index (χ1v) is 5.81. The molecule has 0 radical (unpaired) electrons. The van der Waals surface area contributed by atoms with Crippen molar-refractivity contribution < 1.29 is 19.8 Å². The maximum Gasteiger partial charge on any atom is 0.331 e. The summed E-state index contributed by atoms with van der Waals surface area (Å²) in [5.74, 6) is -2.10. The summed E-state index contributed by atoms with van der Waals surface area (Å²) in [6, 6.07) is 1.68. The minimum Gasteiger partial charge on any atom is -0.478 e. The van der Waals surface area contributed by atoms with E-state index in [1.807, 2.05) is 0 Å². The Bertz CT molecular complexity index is 627. The van der Waals surface area contributed by atoms with Gasteiger partial charge in [-0.2, -0.15) is 0 Å². The lowest BCUT2D eigenvalue weighted by atomic mass is 10.0.